The quantitative estimate of drug-likeness (QED) is 0.737. The van der Waals surface area contributed by atoms with E-state index < -0.39 is 0 Å². The van der Waals surface area contributed by atoms with Gasteiger partial charge in [0.1, 0.15) is 32.7 Å². The van der Waals surface area contributed by atoms with Crippen LogP contribution in [0.5, 0.6) is 0 Å². The van der Waals surface area contributed by atoms with E-state index in [9.17, 15) is 0 Å². The number of allylic oxidation sites excluding steroid dienone is 2. The number of fused-ring (bicyclic) bond motifs is 2. The lowest BCUT2D eigenvalue weighted by Gasteiger charge is -2.32. The SMILES string of the molecule is Brc1ccc(C[NH+]2CC[NH+](C[C@@H]3C[C@H]4C=C[C@H]3C4)CC2)cc1. The minimum atomic E-state index is 0.922. The zero-order valence-corrected chi connectivity index (χ0v) is 14.8. The van der Waals surface area contributed by atoms with E-state index >= 15 is 0 Å². The Labute approximate surface area is 142 Å². The van der Waals surface area contributed by atoms with E-state index in [0.29, 0.717) is 0 Å². The van der Waals surface area contributed by atoms with Gasteiger partial charge in [-0.3, -0.25) is 0 Å². The van der Waals surface area contributed by atoms with Gasteiger partial charge in [0.15, 0.2) is 0 Å². The molecular weight excluding hydrogens is 336 g/mol. The Morgan fingerprint density at radius 2 is 1.64 bits per heavy atom. The Balaban J connectivity index is 1.24. The highest BCUT2D eigenvalue weighted by atomic mass is 79.9. The van der Waals surface area contributed by atoms with Crippen molar-refractivity contribution in [3.05, 3.63) is 46.5 Å². The molecule has 2 fully saturated rings. The first-order valence-electron chi connectivity index (χ1n) is 8.86. The van der Waals surface area contributed by atoms with Crippen LogP contribution in [-0.4, -0.2) is 32.7 Å². The van der Waals surface area contributed by atoms with E-state index in [2.05, 4.69) is 52.3 Å². The second-order valence-corrected chi connectivity index (χ2v) is 8.46. The number of hydrogen-bond acceptors (Lipinski definition) is 0. The maximum atomic E-state index is 3.52. The molecule has 0 spiro atoms. The van der Waals surface area contributed by atoms with Gasteiger partial charge in [0.2, 0.25) is 0 Å². The van der Waals surface area contributed by atoms with Gasteiger partial charge in [0.05, 0.1) is 6.54 Å². The van der Waals surface area contributed by atoms with Crippen molar-refractivity contribution in [3.63, 3.8) is 0 Å². The van der Waals surface area contributed by atoms with Crippen LogP contribution in [0.25, 0.3) is 0 Å². The van der Waals surface area contributed by atoms with Crippen molar-refractivity contribution in [1.29, 1.82) is 0 Å². The van der Waals surface area contributed by atoms with Crippen LogP contribution < -0.4 is 9.80 Å². The van der Waals surface area contributed by atoms with Crippen LogP contribution in [-0.2, 0) is 6.54 Å². The summed E-state index contributed by atoms with van der Waals surface area (Å²) in [7, 11) is 0. The molecule has 1 aliphatic heterocycles. The summed E-state index contributed by atoms with van der Waals surface area (Å²) in [6.45, 7) is 8.02. The van der Waals surface area contributed by atoms with E-state index in [-0.39, 0.29) is 0 Å². The molecule has 3 atom stereocenters. The van der Waals surface area contributed by atoms with Gasteiger partial charge in [-0.15, -0.1) is 0 Å². The van der Waals surface area contributed by atoms with Crippen molar-refractivity contribution in [3.8, 4) is 0 Å². The maximum Gasteiger partial charge on any atom is 0.127 e. The fourth-order valence-electron chi connectivity index (χ4n) is 4.73. The first kappa shape index (κ1) is 14.9. The molecule has 0 unspecified atom stereocenters. The molecule has 1 aromatic rings. The molecule has 2 nitrogen and oxygen atoms in total. The van der Waals surface area contributed by atoms with Crippen molar-refractivity contribution >= 4 is 15.9 Å². The van der Waals surface area contributed by atoms with Crippen LogP contribution in [0.15, 0.2) is 40.9 Å². The average Bonchev–Trinajstić information content (AvgIpc) is 3.14. The number of rotatable bonds is 4. The first-order chi connectivity index (χ1) is 10.8. The highest BCUT2D eigenvalue weighted by Crippen LogP contribution is 2.42. The molecule has 3 aliphatic rings. The normalized spacial score (nSPS) is 36.9. The predicted molar refractivity (Wildman–Crippen MR) is 93.0 cm³/mol. The van der Waals surface area contributed by atoms with Crippen molar-refractivity contribution in [1.82, 2.24) is 0 Å². The summed E-state index contributed by atoms with van der Waals surface area (Å²) in [4.78, 5) is 3.63. The molecule has 2 aliphatic carbocycles. The lowest BCUT2D eigenvalue weighted by molar-refractivity contribution is -1.02. The number of piperazine rings is 1. The molecule has 3 heteroatoms. The molecule has 2 bridgehead atoms. The van der Waals surface area contributed by atoms with Gasteiger partial charge < -0.3 is 9.80 Å². The number of quaternary nitrogens is 2. The van der Waals surface area contributed by atoms with Crippen LogP contribution in [0.1, 0.15) is 18.4 Å². The van der Waals surface area contributed by atoms with Gasteiger partial charge in [-0.2, -0.15) is 0 Å². The van der Waals surface area contributed by atoms with Crippen LogP contribution >= 0.6 is 15.9 Å². The Kier molecular flexibility index (Phi) is 4.38. The van der Waals surface area contributed by atoms with E-state index in [1.54, 1.807) is 4.90 Å². The smallest absolute Gasteiger partial charge is 0.127 e. The zero-order valence-electron chi connectivity index (χ0n) is 13.2. The third-order valence-electron chi connectivity index (χ3n) is 6.00. The summed E-state index contributed by atoms with van der Waals surface area (Å²) in [5.74, 6) is 2.84. The Bertz CT molecular complexity index is 531. The summed E-state index contributed by atoms with van der Waals surface area (Å²) >= 11 is 3.52. The summed E-state index contributed by atoms with van der Waals surface area (Å²) < 4.78 is 1.18. The lowest BCUT2D eigenvalue weighted by Crippen LogP contribution is -3.27. The molecule has 1 heterocycles. The second kappa shape index (κ2) is 6.46. The molecular formula is C19H27BrN2+2. The monoisotopic (exact) mass is 362 g/mol. The molecule has 0 aromatic heterocycles. The second-order valence-electron chi connectivity index (χ2n) is 7.55. The Hall–Kier alpha value is -0.640. The Morgan fingerprint density at radius 1 is 0.909 bits per heavy atom. The van der Waals surface area contributed by atoms with Crippen molar-refractivity contribution in [2.24, 2.45) is 17.8 Å². The topological polar surface area (TPSA) is 8.88 Å². The van der Waals surface area contributed by atoms with E-state index in [0.717, 1.165) is 17.8 Å². The highest BCUT2D eigenvalue weighted by Gasteiger charge is 2.38. The van der Waals surface area contributed by atoms with E-state index in [4.69, 9.17) is 0 Å². The standard InChI is InChI=1S/C19H25BrN2/c20-19-5-2-15(3-6-19)13-21-7-9-22(10-8-21)14-18-12-16-1-4-17(18)11-16/h1-6,16-18H,7-14H2/p+2/t16-,17-,18-/m0/s1. The molecule has 22 heavy (non-hydrogen) atoms. The largest absolute Gasteiger partial charge is 0.325 e. The number of hydrogen-bond donors (Lipinski definition) is 2. The van der Waals surface area contributed by atoms with Gasteiger partial charge in [-0.1, -0.05) is 40.2 Å². The average molecular weight is 363 g/mol. The van der Waals surface area contributed by atoms with Crippen LogP contribution in [0, 0.1) is 17.8 Å². The summed E-state index contributed by atoms with van der Waals surface area (Å²) in [6.07, 6.45) is 7.91. The Morgan fingerprint density at radius 3 is 2.27 bits per heavy atom. The van der Waals surface area contributed by atoms with E-state index in [1.165, 1.54) is 62.1 Å². The van der Waals surface area contributed by atoms with E-state index in [1.807, 2.05) is 4.90 Å². The van der Waals surface area contributed by atoms with Crippen LogP contribution in [0.3, 0.4) is 0 Å². The molecule has 0 radical (unpaired) electrons. The number of benzene rings is 1. The molecule has 1 aromatic carbocycles. The number of nitrogens with one attached hydrogen (secondary N) is 2. The van der Waals surface area contributed by atoms with Crippen molar-refractivity contribution in [2.75, 3.05) is 32.7 Å². The van der Waals surface area contributed by atoms with Gasteiger partial charge in [0.25, 0.3) is 0 Å². The minimum absolute atomic E-state index is 0.922. The van der Waals surface area contributed by atoms with Gasteiger partial charge in [-0.25, -0.2) is 0 Å². The molecule has 1 saturated heterocycles. The highest BCUT2D eigenvalue weighted by molar-refractivity contribution is 9.10. The number of halogens is 1. The zero-order chi connectivity index (χ0) is 14.9. The summed E-state index contributed by atoms with van der Waals surface area (Å²) in [6, 6.07) is 8.85. The van der Waals surface area contributed by atoms with Crippen LogP contribution in [0.2, 0.25) is 0 Å². The van der Waals surface area contributed by atoms with Gasteiger partial charge in [0, 0.05) is 16.0 Å². The molecule has 118 valence electrons. The first-order valence-corrected chi connectivity index (χ1v) is 9.65. The minimum Gasteiger partial charge on any atom is -0.325 e. The fraction of sp³-hybridized carbons (Fsp3) is 0.579. The molecule has 4 rings (SSSR count). The fourth-order valence-corrected chi connectivity index (χ4v) is 4.99. The van der Waals surface area contributed by atoms with Gasteiger partial charge in [-0.05, 0) is 36.8 Å². The summed E-state index contributed by atoms with van der Waals surface area (Å²) in [5.41, 5.74) is 1.47. The van der Waals surface area contributed by atoms with Crippen molar-refractivity contribution in [2.45, 2.75) is 19.4 Å². The van der Waals surface area contributed by atoms with Gasteiger partial charge >= 0.3 is 0 Å². The molecule has 2 N–H and O–H groups in total. The summed E-state index contributed by atoms with van der Waals surface area (Å²) in [5, 5.41) is 0. The molecule has 0 amide bonds. The third kappa shape index (κ3) is 3.32. The third-order valence-corrected chi connectivity index (χ3v) is 6.53. The molecule has 1 saturated carbocycles. The van der Waals surface area contributed by atoms with Crippen LogP contribution in [0.4, 0.5) is 0 Å². The predicted octanol–water partition coefficient (Wildman–Crippen LogP) is 0.945. The lowest BCUT2D eigenvalue weighted by atomic mass is 9.93. The maximum absolute atomic E-state index is 3.52. The van der Waals surface area contributed by atoms with Crippen molar-refractivity contribution < 1.29 is 9.80 Å².